The minimum Gasteiger partial charge on any atom is -0.494 e. The zero-order valence-corrected chi connectivity index (χ0v) is 14.5. The van der Waals surface area contributed by atoms with Gasteiger partial charge in [-0.3, -0.25) is 4.79 Å². The Morgan fingerprint density at radius 1 is 1.00 bits per heavy atom. The largest absolute Gasteiger partial charge is 0.494 e. The molecule has 5 heteroatoms. The number of piperazine rings is 1. The Bertz CT molecular complexity index is 693. The van der Waals surface area contributed by atoms with E-state index >= 15 is 0 Å². The van der Waals surface area contributed by atoms with E-state index in [0.29, 0.717) is 25.3 Å². The lowest BCUT2D eigenvalue weighted by molar-refractivity contribution is 0.0746. The first kappa shape index (κ1) is 17.3. The van der Waals surface area contributed by atoms with Crippen molar-refractivity contribution in [2.24, 2.45) is 0 Å². The minimum atomic E-state index is -0.232. The Balaban J connectivity index is 1.56. The molecular weight excluding hydrogens is 319 g/mol. The molecule has 2 aromatic carbocycles. The van der Waals surface area contributed by atoms with Crippen molar-refractivity contribution in [2.45, 2.75) is 13.3 Å². The monoisotopic (exact) mass is 342 g/mol. The fourth-order valence-corrected chi connectivity index (χ4v) is 2.92. The SMILES string of the molecule is CCCOc1ccc(C(=O)N2CCN(c3ccc(F)cc3)CC2)cc1. The third-order valence-corrected chi connectivity index (χ3v) is 4.33. The summed E-state index contributed by atoms with van der Waals surface area (Å²) in [6, 6.07) is 13.8. The molecule has 0 spiro atoms. The van der Waals surface area contributed by atoms with Gasteiger partial charge in [0.25, 0.3) is 5.91 Å². The van der Waals surface area contributed by atoms with Crippen LogP contribution < -0.4 is 9.64 Å². The predicted molar refractivity (Wildman–Crippen MR) is 96.7 cm³/mol. The van der Waals surface area contributed by atoms with E-state index in [9.17, 15) is 9.18 Å². The summed E-state index contributed by atoms with van der Waals surface area (Å²) in [6.45, 7) is 5.54. The molecule has 0 bridgehead atoms. The third-order valence-electron chi connectivity index (χ3n) is 4.33. The molecule has 0 aromatic heterocycles. The zero-order valence-electron chi connectivity index (χ0n) is 14.5. The number of hydrogen-bond donors (Lipinski definition) is 0. The van der Waals surface area contributed by atoms with Gasteiger partial charge in [-0.25, -0.2) is 4.39 Å². The smallest absolute Gasteiger partial charge is 0.253 e. The minimum absolute atomic E-state index is 0.0424. The van der Waals surface area contributed by atoms with Gasteiger partial charge in [0.2, 0.25) is 0 Å². The highest BCUT2D eigenvalue weighted by molar-refractivity contribution is 5.94. The van der Waals surface area contributed by atoms with Crippen LogP contribution in [0.15, 0.2) is 48.5 Å². The Labute approximate surface area is 147 Å². The first-order valence-corrected chi connectivity index (χ1v) is 8.70. The van der Waals surface area contributed by atoms with Crippen LogP contribution in [0.2, 0.25) is 0 Å². The molecule has 1 aliphatic heterocycles. The summed E-state index contributed by atoms with van der Waals surface area (Å²) >= 11 is 0. The highest BCUT2D eigenvalue weighted by Crippen LogP contribution is 2.19. The molecule has 0 saturated carbocycles. The average molecular weight is 342 g/mol. The highest BCUT2D eigenvalue weighted by atomic mass is 19.1. The van der Waals surface area contributed by atoms with E-state index in [2.05, 4.69) is 11.8 Å². The molecule has 2 aromatic rings. The molecule has 4 nitrogen and oxygen atoms in total. The van der Waals surface area contributed by atoms with Gasteiger partial charge < -0.3 is 14.5 Å². The number of halogens is 1. The van der Waals surface area contributed by atoms with Crippen molar-refractivity contribution in [3.63, 3.8) is 0 Å². The molecule has 25 heavy (non-hydrogen) atoms. The summed E-state index contributed by atoms with van der Waals surface area (Å²) in [5.41, 5.74) is 1.67. The number of carbonyl (C=O) groups excluding carboxylic acids is 1. The van der Waals surface area contributed by atoms with Crippen LogP contribution in [0.4, 0.5) is 10.1 Å². The maximum atomic E-state index is 13.0. The van der Waals surface area contributed by atoms with Crippen LogP contribution in [0.1, 0.15) is 23.7 Å². The topological polar surface area (TPSA) is 32.8 Å². The van der Waals surface area contributed by atoms with Crippen molar-refractivity contribution >= 4 is 11.6 Å². The number of anilines is 1. The molecule has 1 heterocycles. The van der Waals surface area contributed by atoms with Gasteiger partial charge in [0, 0.05) is 37.4 Å². The van der Waals surface area contributed by atoms with Crippen molar-refractivity contribution in [1.82, 2.24) is 4.90 Å². The van der Waals surface area contributed by atoms with E-state index in [4.69, 9.17) is 4.74 Å². The number of carbonyl (C=O) groups is 1. The van der Waals surface area contributed by atoms with Gasteiger partial charge in [-0.15, -0.1) is 0 Å². The number of ether oxygens (including phenoxy) is 1. The number of benzene rings is 2. The number of hydrogen-bond acceptors (Lipinski definition) is 3. The quantitative estimate of drug-likeness (QED) is 0.833. The van der Waals surface area contributed by atoms with Crippen LogP contribution in [0, 0.1) is 5.82 Å². The van der Waals surface area contributed by atoms with Crippen molar-refractivity contribution in [2.75, 3.05) is 37.7 Å². The molecule has 1 amide bonds. The van der Waals surface area contributed by atoms with Crippen molar-refractivity contribution < 1.29 is 13.9 Å². The lowest BCUT2D eigenvalue weighted by Crippen LogP contribution is -2.48. The second kappa shape index (κ2) is 8.01. The van der Waals surface area contributed by atoms with E-state index in [0.717, 1.165) is 30.9 Å². The van der Waals surface area contributed by atoms with Crippen molar-refractivity contribution in [3.8, 4) is 5.75 Å². The van der Waals surface area contributed by atoms with Gasteiger partial charge >= 0.3 is 0 Å². The first-order valence-electron chi connectivity index (χ1n) is 8.70. The molecule has 0 N–H and O–H groups in total. The number of nitrogens with zero attached hydrogens (tertiary/aromatic N) is 2. The molecular formula is C20H23FN2O2. The van der Waals surface area contributed by atoms with E-state index in [1.165, 1.54) is 12.1 Å². The second-order valence-corrected chi connectivity index (χ2v) is 6.13. The lowest BCUT2D eigenvalue weighted by Gasteiger charge is -2.36. The van der Waals surface area contributed by atoms with Gasteiger partial charge in [-0.1, -0.05) is 6.92 Å². The molecule has 1 saturated heterocycles. The molecule has 132 valence electrons. The van der Waals surface area contributed by atoms with E-state index in [1.54, 1.807) is 12.1 Å². The summed E-state index contributed by atoms with van der Waals surface area (Å²) in [4.78, 5) is 16.7. The van der Waals surface area contributed by atoms with Gasteiger partial charge in [-0.05, 0) is 55.0 Å². The number of amides is 1. The Kier molecular flexibility index (Phi) is 5.53. The molecule has 3 rings (SSSR count). The molecule has 0 atom stereocenters. The third kappa shape index (κ3) is 4.29. The summed E-state index contributed by atoms with van der Waals surface area (Å²) in [5, 5.41) is 0. The van der Waals surface area contributed by atoms with Crippen LogP contribution in [0.5, 0.6) is 5.75 Å². The number of rotatable bonds is 5. The molecule has 0 unspecified atom stereocenters. The van der Waals surface area contributed by atoms with Gasteiger partial charge in [-0.2, -0.15) is 0 Å². The Hall–Kier alpha value is -2.56. The molecule has 0 aliphatic carbocycles. The zero-order chi connectivity index (χ0) is 17.6. The average Bonchev–Trinajstić information content (AvgIpc) is 2.67. The summed E-state index contributed by atoms with van der Waals surface area (Å²) in [6.07, 6.45) is 0.957. The van der Waals surface area contributed by atoms with Crippen molar-refractivity contribution in [3.05, 3.63) is 59.9 Å². The summed E-state index contributed by atoms with van der Waals surface area (Å²) < 4.78 is 18.6. The normalized spacial score (nSPS) is 14.5. The molecule has 0 radical (unpaired) electrons. The second-order valence-electron chi connectivity index (χ2n) is 6.13. The van der Waals surface area contributed by atoms with Crippen molar-refractivity contribution in [1.29, 1.82) is 0 Å². The van der Waals surface area contributed by atoms with Crippen LogP contribution in [0.25, 0.3) is 0 Å². The molecule has 1 fully saturated rings. The van der Waals surface area contributed by atoms with Gasteiger partial charge in [0.05, 0.1) is 6.61 Å². The van der Waals surface area contributed by atoms with Gasteiger partial charge in [0.1, 0.15) is 11.6 Å². The van der Waals surface area contributed by atoms with Crippen LogP contribution in [0.3, 0.4) is 0 Å². The predicted octanol–water partition coefficient (Wildman–Crippen LogP) is 3.58. The first-order chi connectivity index (χ1) is 12.2. The van der Waals surface area contributed by atoms with E-state index in [1.807, 2.05) is 29.2 Å². The van der Waals surface area contributed by atoms with Gasteiger partial charge in [0.15, 0.2) is 0 Å². The Morgan fingerprint density at radius 2 is 1.64 bits per heavy atom. The van der Waals surface area contributed by atoms with E-state index in [-0.39, 0.29) is 11.7 Å². The summed E-state index contributed by atoms with van der Waals surface area (Å²) in [5.74, 6) is 0.601. The van der Waals surface area contributed by atoms with Crippen LogP contribution in [-0.2, 0) is 0 Å². The van der Waals surface area contributed by atoms with E-state index < -0.39 is 0 Å². The standard InChI is InChI=1S/C20H23FN2O2/c1-2-15-25-19-9-3-16(4-10-19)20(24)23-13-11-22(12-14-23)18-7-5-17(21)6-8-18/h3-10H,2,11-15H2,1H3. The lowest BCUT2D eigenvalue weighted by atomic mass is 10.1. The Morgan fingerprint density at radius 3 is 2.24 bits per heavy atom. The summed E-state index contributed by atoms with van der Waals surface area (Å²) in [7, 11) is 0. The molecule has 1 aliphatic rings. The fraction of sp³-hybridized carbons (Fsp3) is 0.350. The maximum Gasteiger partial charge on any atom is 0.253 e. The van der Waals surface area contributed by atoms with Crippen LogP contribution in [-0.4, -0.2) is 43.6 Å². The fourth-order valence-electron chi connectivity index (χ4n) is 2.92. The highest BCUT2D eigenvalue weighted by Gasteiger charge is 2.22. The van der Waals surface area contributed by atoms with Crippen LogP contribution >= 0.6 is 0 Å². The maximum absolute atomic E-state index is 13.0.